The summed E-state index contributed by atoms with van der Waals surface area (Å²) in [5, 5.41) is 10.8. The average molecular weight is 569 g/mol. The number of thiocarbonyl (C=S) groups is 1. The van der Waals surface area contributed by atoms with E-state index in [-0.39, 0.29) is 41.1 Å². The highest BCUT2D eigenvalue weighted by atomic mass is 79.9. The number of aromatic nitrogens is 2. The maximum Gasteiger partial charge on any atom is 0.348 e. The molecule has 2 aromatic heterocycles. The van der Waals surface area contributed by atoms with Crippen molar-refractivity contribution >= 4 is 67.4 Å². The molecule has 0 saturated carbocycles. The second-order valence-corrected chi connectivity index (χ2v) is 9.18. The van der Waals surface area contributed by atoms with Crippen molar-refractivity contribution in [3.05, 3.63) is 62.3 Å². The van der Waals surface area contributed by atoms with E-state index in [9.17, 15) is 14.0 Å². The van der Waals surface area contributed by atoms with Crippen LogP contribution in [0, 0.1) is 12.7 Å². The lowest BCUT2D eigenvalue weighted by Crippen LogP contribution is -2.21. The maximum absolute atomic E-state index is 14.0. The third kappa shape index (κ3) is 5.99. The van der Waals surface area contributed by atoms with Crippen molar-refractivity contribution < 1.29 is 23.5 Å². The molecule has 2 N–H and O–H groups in total. The molecule has 2 heterocycles. The van der Waals surface area contributed by atoms with E-state index >= 15 is 0 Å². The molecular formula is C22H22BrFN4O4S2. The molecule has 3 rings (SSSR count). The van der Waals surface area contributed by atoms with Gasteiger partial charge in [-0.2, -0.15) is 5.10 Å². The first kappa shape index (κ1) is 25.8. The summed E-state index contributed by atoms with van der Waals surface area (Å²) in [5.74, 6) is -1.03. The molecular weight excluding hydrogens is 547 g/mol. The van der Waals surface area contributed by atoms with Crippen LogP contribution in [0.5, 0.6) is 0 Å². The standard InChI is InChI=1S/C22H22BrFN4O4S2/c1-4-31-20(29)16-12(3)17(21(30)32-5-2)34-19(16)26-22(33)25-18-14(23)11-28(27-18)10-13-8-6-7-9-15(13)24/h6-9,11H,4-5,10H2,1-3H3,(H2,25,26,27,33). The Morgan fingerprint density at radius 3 is 2.53 bits per heavy atom. The molecule has 0 aliphatic carbocycles. The van der Waals surface area contributed by atoms with E-state index in [4.69, 9.17) is 21.7 Å². The number of thiophene rings is 1. The third-order valence-corrected chi connectivity index (χ3v) is 6.53. The molecule has 0 atom stereocenters. The molecule has 0 bridgehead atoms. The second kappa shape index (κ2) is 11.5. The van der Waals surface area contributed by atoms with Gasteiger partial charge in [0.25, 0.3) is 0 Å². The van der Waals surface area contributed by atoms with E-state index in [1.165, 1.54) is 6.07 Å². The Morgan fingerprint density at radius 1 is 1.18 bits per heavy atom. The van der Waals surface area contributed by atoms with Gasteiger partial charge in [0.2, 0.25) is 0 Å². The van der Waals surface area contributed by atoms with Crippen molar-refractivity contribution in [1.82, 2.24) is 9.78 Å². The Bertz CT molecular complexity index is 1230. The van der Waals surface area contributed by atoms with Gasteiger partial charge in [-0.15, -0.1) is 11.3 Å². The predicted molar refractivity (Wildman–Crippen MR) is 136 cm³/mol. The third-order valence-electron chi connectivity index (χ3n) is 4.55. The molecule has 12 heteroatoms. The van der Waals surface area contributed by atoms with E-state index < -0.39 is 11.9 Å². The van der Waals surface area contributed by atoms with Gasteiger partial charge in [-0.3, -0.25) is 4.68 Å². The Labute approximate surface area is 213 Å². The minimum Gasteiger partial charge on any atom is -0.462 e. The van der Waals surface area contributed by atoms with Gasteiger partial charge >= 0.3 is 11.9 Å². The number of ether oxygens (including phenoxy) is 2. The maximum atomic E-state index is 14.0. The van der Waals surface area contributed by atoms with Crippen molar-refractivity contribution in [1.29, 1.82) is 0 Å². The number of esters is 2. The van der Waals surface area contributed by atoms with Crippen LogP contribution in [-0.4, -0.2) is 40.0 Å². The van der Waals surface area contributed by atoms with Gasteiger partial charge in [-0.25, -0.2) is 14.0 Å². The SMILES string of the molecule is CCOC(=O)c1sc(NC(=S)Nc2nn(Cc3ccccc3F)cc2Br)c(C(=O)OCC)c1C. The van der Waals surface area contributed by atoms with Crippen molar-refractivity contribution in [2.45, 2.75) is 27.3 Å². The van der Waals surface area contributed by atoms with Crippen LogP contribution in [0.1, 0.15) is 45.0 Å². The van der Waals surface area contributed by atoms with Crippen LogP contribution in [-0.2, 0) is 16.0 Å². The van der Waals surface area contributed by atoms with Gasteiger partial charge in [0.1, 0.15) is 15.7 Å². The number of anilines is 2. The molecule has 0 fully saturated rings. The quantitative estimate of drug-likeness (QED) is 0.277. The smallest absolute Gasteiger partial charge is 0.348 e. The summed E-state index contributed by atoms with van der Waals surface area (Å²) in [7, 11) is 0. The number of nitrogens with one attached hydrogen (secondary N) is 2. The normalized spacial score (nSPS) is 10.6. The van der Waals surface area contributed by atoms with Crippen LogP contribution in [0.4, 0.5) is 15.2 Å². The lowest BCUT2D eigenvalue weighted by Gasteiger charge is -2.10. The number of carbonyl (C=O) groups is 2. The molecule has 34 heavy (non-hydrogen) atoms. The first-order chi connectivity index (χ1) is 16.2. The Balaban J connectivity index is 1.80. The van der Waals surface area contributed by atoms with E-state index in [1.807, 2.05) is 0 Å². The van der Waals surface area contributed by atoms with Crippen LogP contribution in [0.25, 0.3) is 0 Å². The summed E-state index contributed by atoms with van der Waals surface area (Å²) in [6, 6.07) is 6.45. The summed E-state index contributed by atoms with van der Waals surface area (Å²) in [4.78, 5) is 25.2. The van der Waals surface area contributed by atoms with Gasteiger partial charge < -0.3 is 20.1 Å². The van der Waals surface area contributed by atoms with Crippen molar-refractivity contribution in [3.8, 4) is 0 Å². The molecule has 0 amide bonds. The lowest BCUT2D eigenvalue weighted by molar-refractivity contribution is 0.0527. The topological polar surface area (TPSA) is 94.5 Å². The van der Waals surface area contributed by atoms with Crippen molar-refractivity contribution in [3.63, 3.8) is 0 Å². The molecule has 8 nitrogen and oxygen atoms in total. The van der Waals surface area contributed by atoms with E-state index in [2.05, 4.69) is 31.7 Å². The number of benzene rings is 1. The molecule has 0 aliphatic rings. The average Bonchev–Trinajstić information content (AvgIpc) is 3.28. The zero-order valence-electron chi connectivity index (χ0n) is 18.6. The number of hydrogen-bond acceptors (Lipinski definition) is 7. The minimum absolute atomic E-state index is 0.138. The van der Waals surface area contributed by atoms with Gasteiger partial charge in [0.05, 0.1) is 29.8 Å². The molecule has 0 unspecified atom stereocenters. The summed E-state index contributed by atoms with van der Waals surface area (Å²) in [6.45, 7) is 5.66. The summed E-state index contributed by atoms with van der Waals surface area (Å²) < 4.78 is 26.4. The summed E-state index contributed by atoms with van der Waals surface area (Å²) in [5.41, 5.74) is 1.15. The van der Waals surface area contributed by atoms with E-state index in [1.54, 1.807) is 49.8 Å². The Morgan fingerprint density at radius 2 is 1.85 bits per heavy atom. The molecule has 0 radical (unpaired) electrons. The Kier molecular flexibility index (Phi) is 8.75. The molecule has 0 aliphatic heterocycles. The Hall–Kier alpha value is -2.83. The van der Waals surface area contributed by atoms with Crippen LogP contribution in [0.2, 0.25) is 0 Å². The molecule has 0 saturated heterocycles. The number of rotatable bonds is 8. The van der Waals surface area contributed by atoms with Crippen molar-refractivity contribution in [2.24, 2.45) is 0 Å². The van der Waals surface area contributed by atoms with Crippen LogP contribution in [0.15, 0.2) is 34.9 Å². The fourth-order valence-corrected chi connectivity index (χ4v) is 4.82. The zero-order valence-corrected chi connectivity index (χ0v) is 21.8. The highest BCUT2D eigenvalue weighted by molar-refractivity contribution is 9.10. The predicted octanol–water partition coefficient (Wildman–Crippen LogP) is 5.37. The molecule has 180 valence electrons. The van der Waals surface area contributed by atoms with Crippen LogP contribution >= 0.6 is 39.5 Å². The number of hydrogen-bond donors (Lipinski definition) is 2. The first-order valence-electron chi connectivity index (χ1n) is 10.3. The fraction of sp³-hybridized carbons (Fsp3) is 0.273. The van der Waals surface area contributed by atoms with Crippen molar-refractivity contribution in [2.75, 3.05) is 23.8 Å². The molecule has 1 aromatic carbocycles. The summed E-state index contributed by atoms with van der Waals surface area (Å²) in [6.07, 6.45) is 1.69. The minimum atomic E-state index is -0.576. The monoisotopic (exact) mass is 568 g/mol. The largest absolute Gasteiger partial charge is 0.462 e. The van der Waals surface area contributed by atoms with E-state index in [0.29, 0.717) is 26.4 Å². The van der Waals surface area contributed by atoms with E-state index in [0.717, 1.165) is 11.3 Å². The highest BCUT2D eigenvalue weighted by Gasteiger charge is 2.27. The van der Waals surface area contributed by atoms with Crippen LogP contribution < -0.4 is 10.6 Å². The zero-order chi connectivity index (χ0) is 24.8. The lowest BCUT2D eigenvalue weighted by atomic mass is 10.1. The molecule has 0 spiro atoms. The number of nitrogens with zero attached hydrogens (tertiary/aromatic N) is 2. The van der Waals surface area contributed by atoms with Gasteiger partial charge in [0.15, 0.2) is 10.9 Å². The fourth-order valence-electron chi connectivity index (χ4n) is 3.05. The summed E-state index contributed by atoms with van der Waals surface area (Å²) >= 11 is 9.86. The van der Waals surface area contributed by atoms with Gasteiger partial charge in [0, 0.05) is 11.8 Å². The number of carbonyl (C=O) groups excluding carboxylic acids is 2. The molecule has 3 aromatic rings. The first-order valence-corrected chi connectivity index (χ1v) is 12.3. The number of halogens is 2. The van der Waals surface area contributed by atoms with Gasteiger partial charge in [-0.1, -0.05) is 18.2 Å². The van der Waals surface area contributed by atoms with Crippen LogP contribution in [0.3, 0.4) is 0 Å². The van der Waals surface area contributed by atoms with Gasteiger partial charge in [-0.05, 0) is 60.5 Å². The highest BCUT2D eigenvalue weighted by Crippen LogP contribution is 2.34. The second-order valence-electron chi connectivity index (χ2n) is 6.90.